The van der Waals surface area contributed by atoms with Gasteiger partial charge in [-0.25, -0.2) is 9.18 Å². The predicted molar refractivity (Wildman–Crippen MR) is 60.3 cm³/mol. The molecule has 0 aliphatic carbocycles. The highest BCUT2D eigenvalue weighted by Crippen LogP contribution is 2.36. The highest BCUT2D eigenvalue weighted by Gasteiger charge is 2.38. The number of aromatic carboxylic acids is 1. The Kier molecular flexibility index (Phi) is 3.92. The maximum Gasteiger partial charge on any atom is 0.346 e. The molecule has 6 nitrogen and oxygen atoms in total. The zero-order valence-electron chi connectivity index (χ0n) is 10.7. The van der Waals surface area contributed by atoms with Gasteiger partial charge in [0.1, 0.15) is 5.60 Å². The third-order valence-corrected chi connectivity index (χ3v) is 2.06. The number of halogens is 3. The zero-order valence-corrected chi connectivity index (χ0v) is 10.7. The van der Waals surface area contributed by atoms with Crippen molar-refractivity contribution in [3.63, 3.8) is 0 Å². The molecule has 0 amide bonds. The lowest BCUT2D eigenvalue weighted by Gasteiger charge is -2.22. The minimum Gasteiger partial charge on any atom is -0.482 e. The van der Waals surface area contributed by atoms with Crippen molar-refractivity contribution in [2.24, 2.45) is 0 Å². The molecule has 20 heavy (non-hydrogen) atoms. The Bertz CT molecular complexity index is 595. The van der Waals surface area contributed by atoms with Crippen LogP contribution in [0, 0.1) is 27.6 Å². The van der Waals surface area contributed by atoms with Gasteiger partial charge in [-0.2, -0.15) is 8.78 Å². The van der Waals surface area contributed by atoms with Gasteiger partial charge in [0.15, 0.2) is 17.1 Å². The largest absolute Gasteiger partial charge is 0.482 e. The third kappa shape index (κ3) is 2.81. The van der Waals surface area contributed by atoms with Gasteiger partial charge in [0.05, 0.1) is 4.92 Å². The number of benzene rings is 1. The van der Waals surface area contributed by atoms with Crippen LogP contribution >= 0.6 is 0 Å². The molecule has 0 spiro atoms. The number of rotatable bonds is 3. The summed E-state index contributed by atoms with van der Waals surface area (Å²) in [7, 11) is 0. The first kappa shape index (κ1) is 15.7. The summed E-state index contributed by atoms with van der Waals surface area (Å²) in [5.41, 5.74) is -4.54. The molecular formula is C11H10F3NO5. The number of ether oxygens (including phenoxy) is 1. The maximum atomic E-state index is 13.9. The van der Waals surface area contributed by atoms with Gasteiger partial charge < -0.3 is 9.84 Å². The molecule has 0 fully saturated rings. The average molecular weight is 293 g/mol. The van der Waals surface area contributed by atoms with E-state index in [-0.39, 0.29) is 0 Å². The molecular weight excluding hydrogens is 283 g/mol. The average Bonchev–Trinajstić information content (AvgIpc) is 2.26. The molecule has 1 aromatic carbocycles. The minimum atomic E-state index is -2.10. The van der Waals surface area contributed by atoms with Gasteiger partial charge >= 0.3 is 11.7 Å². The fourth-order valence-electron chi connectivity index (χ4n) is 1.39. The number of nitrogens with zero attached hydrogens (tertiary/aromatic N) is 1. The summed E-state index contributed by atoms with van der Waals surface area (Å²) in [6.45, 7) is 4.14. The van der Waals surface area contributed by atoms with Crippen molar-refractivity contribution >= 4 is 11.7 Å². The van der Waals surface area contributed by atoms with Crippen molar-refractivity contribution in [1.29, 1.82) is 0 Å². The van der Waals surface area contributed by atoms with Crippen LogP contribution in [-0.2, 0) is 0 Å². The first-order valence-corrected chi connectivity index (χ1v) is 5.24. The normalized spacial score (nSPS) is 11.3. The van der Waals surface area contributed by atoms with E-state index in [0.29, 0.717) is 0 Å². The predicted octanol–water partition coefficient (Wildman–Crippen LogP) is 2.89. The topological polar surface area (TPSA) is 89.7 Å². The number of carboxylic acids is 1. The quantitative estimate of drug-likeness (QED) is 0.525. The van der Waals surface area contributed by atoms with Crippen LogP contribution in [0.5, 0.6) is 5.75 Å². The monoisotopic (exact) mass is 293 g/mol. The van der Waals surface area contributed by atoms with E-state index in [4.69, 9.17) is 9.84 Å². The van der Waals surface area contributed by atoms with Gasteiger partial charge in [-0.3, -0.25) is 10.1 Å². The second-order valence-electron chi connectivity index (χ2n) is 4.77. The van der Waals surface area contributed by atoms with E-state index in [1.165, 1.54) is 20.8 Å². The Morgan fingerprint density at radius 3 is 2.05 bits per heavy atom. The van der Waals surface area contributed by atoms with Crippen molar-refractivity contribution in [1.82, 2.24) is 0 Å². The summed E-state index contributed by atoms with van der Waals surface area (Å²) < 4.78 is 45.9. The van der Waals surface area contributed by atoms with Crippen LogP contribution < -0.4 is 4.74 Å². The van der Waals surface area contributed by atoms with Gasteiger partial charge in [-0.05, 0) is 20.8 Å². The lowest BCUT2D eigenvalue weighted by molar-refractivity contribution is -0.388. The van der Waals surface area contributed by atoms with E-state index in [1.54, 1.807) is 0 Å². The van der Waals surface area contributed by atoms with Gasteiger partial charge in [0, 0.05) is 0 Å². The second kappa shape index (κ2) is 4.99. The summed E-state index contributed by atoms with van der Waals surface area (Å²) in [4.78, 5) is 19.9. The third-order valence-electron chi connectivity index (χ3n) is 2.06. The number of nitro benzene ring substituents is 1. The van der Waals surface area contributed by atoms with Crippen LogP contribution in [0.15, 0.2) is 0 Å². The molecule has 1 aromatic rings. The van der Waals surface area contributed by atoms with Crippen molar-refractivity contribution in [2.75, 3.05) is 0 Å². The molecule has 0 atom stereocenters. The van der Waals surface area contributed by atoms with E-state index in [2.05, 4.69) is 0 Å². The van der Waals surface area contributed by atoms with Gasteiger partial charge in [0.25, 0.3) is 0 Å². The molecule has 1 N–H and O–H groups in total. The Hall–Kier alpha value is -2.32. The van der Waals surface area contributed by atoms with Crippen LogP contribution in [-0.4, -0.2) is 21.6 Å². The molecule has 0 aromatic heterocycles. The van der Waals surface area contributed by atoms with Crippen molar-refractivity contribution in [3.05, 3.63) is 33.1 Å². The molecule has 0 saturated carbocycles. The molecule has 0 aliphatic heterocycles. The first-order valence-electron chi connectivity index (χ1n) is 5.24. The SMILES string of the molecule is CC(C)(C)Oc1c(F)c(F)c([N+](=O)[O-])c(C(=O)O)c1F. The minimum absolute atomic E-state index is 1.17. The van der Waals surface area contributed by atoms with E-state index < -0.39 is 50.9 Å². The summed E-state index contributed by atoms with van der Waals surface area (Å²) in [6, 6.07) is 0. The standard InChI is InChI=1S/C11H10F3NO5/c1-11(2,3)20-9-5(12)4(10(16)17)8(15(18)19)6(13)7(9)14/h1-3H3,(H,16,17). The van der Waals surface area contributed by atoms with Gasteiger partial charge in [-0.15, -0.1) is 0 Å². The molecule has 0 unspecified atom stereocenters. The van der Waals surface area contributed by atoms with Crippen molar-refractivity contribution < 1.29 is 32.7 Å². The fourth-order valence-corrected chi connectivity index (χ4v) is 1.39. The number of hydrogen-bond donors (Lipinski definition) is 1. The number of carbonyl (C=O) groups is 1. The van der Waals surface area contributed by atoms with E-state index in [9.17, 15) is 28.1 Å². The molecule has 0 heterocycles. The van der Waals surface area contributed by atoms with Crippen LogP contribution in [0.4, 0.5) is 18.9 Å². The molecule has 0 radical (unpaired) electrons. The molecule has 9 heteroatoms. The number of carboxylic acid groups (broad SMARTS) is 1. The molecule has 0 saturated heterocycles. The highest BCUT2D eigenvalue weighted by atomic mass is 19.2. The van der Waals surface area contributed by atoms with Crippen LogP contribution in [0.2, 0.25) is 0 Å². The Morgan fingerprint density at radius 1 is 1.20 bits per heavy atom. The Balaban J connectivity index is 3.75. The summed E-state index contributed by atoms with van der Waals surface area (Å²) >= 11 is 0. The van der Waals surface area contributed by atoms with Crippen molar-refractivity contribution in [2.45, 2.75) is 26.4 Å². The summed E-state index contributed by atoms with van der Waals surface area (Å²) in [5, 5.41) is 19.3. The Morgan fingerprint density at radius 2 is 1.70 bits per heavy atom. The van der Waals surface area contributed by atoms with E-state index in [1.807, 2.05) is 0 Å². The molecule has 0 aliphatic rings. The van der Waals surface area contributed by atoms with Crippen LogP contribution in [0.1, 0.15) is 31.1 Å². The lowest BCUT2D eigenvalue weighted by Crippen LogP contribution is -2.25. The fraction of sp³-hybridized carbons (Fsp3) is 0.364. The van der Waals surface area contributed by atoms with Crippen molar-refractivity contribution in [3.8, 4) is 5.75 Å². The van der Waals surface area contributed by atoms with Crippen LogP contribution in [0.3, 0.4) is 0 Å². The maximum absolute atomic E-state index is 13.9. The van der Waals surface area contributed by atoms with E-state index >= 15 is 0 Å². The zero-order chi connectivity index (χ0) is 15.8. The van der Waals surface area contributed by atoms with Gasteiger partial charge in [-0.1, -0.05) is 0 Å². The smallest absolute Gasteiger partial charge is 0.346 e. The highest BCUT2D eigenvalue weighted by molar-refractivity contribution is 5.93. The number of nitro groups is 1. The molecule has 1 rings (SSSR count). The first-order chi connectivity index (χ1) is 8.97. The number of hydrogen-bond acceptors (Lipinski definition) is 4. The molecule has 110 valence electrons. The lowest BCUT2D eigenvalue weighted by atomic mass is 10.1. The molecule has 0 bridgehead atoms. The second-order valence-corrected chi connectivity index (χ2v) is 4.77. The van der Waals surface area contributed by atoms with Gasteiger partial charge in [0.2, 0.25) is 11.6 Å². The summed E-state index contributed by atoms with van der Waals surface area (Å²) in [6.07, 6.45) is 0. The van der Waals surface area contributed by atoms with E-state index in [0.717, 1.165) is 0 Å². The van der Waals surface area contributed by atoms with Crippen LogP contribution in [0.25, 0.3) is 0 Å². The Labute approximate surface area is 110 Å². The summed E-state index contributed by atoms with van der Waals surface area (Å²) in [5.74, 6) is -9.29.